The predicted octanol–water partition coefficient (Wildman–Crippen LogP) is 1.27. The maximum absolute atomic E-state index is 8.55. The lowest BCUT2D eigenvalue weighted by molar-refractivity contribution is 0.198. The number of ether oxygens (including phenoxy) is 1. The molecular weight excluding hydrogens is 230 g/mol. The van der Waals surface area contributed by atoms with E-state index in [0.29, 0.717) is 13.0 Å². The third kappa shape index (κ3) is 4.97. The van der Waals surface area contributed by atoms with Crippen LogP contribution in [0.5, 0.6) is 0 Å². The number of anilines is 2. The van der Waals surface area contributed by atoms with Gasteiger partial charge in [-0.25, -0.2) is 9.97 Å². The van der Waals surface area contributed by atoms with Gasteiger partial charge in [0.25, 0.3) is 0 Å². The van der Waals surface area contributed by atoms with Crippen LogP contribution in [0.3, 0.4) is 0 Å². The lowest BCUT2D eigenvalue weighted by atomic mass is 10.4. The molecule has 0 aliphatic carbocycles. The average Bonchev–Trinajstić information content (AvgIpc) is 2.41. The maximum Gasteiger partial charge on any atom is 0.133 e. The van der Waals surface area contributed by atoms with E-state index < -0.39 is 0 Å². The summed E-state index contributed by atoms with van der Waals surface area (Å²) < 4.78 is 4.97. The predicted molar refractivity (Wildman–Crippen MR) is 70.5 cm³/mol. The molecule has 1 N–H and O–H groups in total. The van der Waals surface area contributed by atoms with Gasteiger partial charge in [0.2, 0.25) is 0 Å². The fourth-order valence-corrected chi connectivity index (χ4v) is 1.42. The number of aromatic nitrogens is 2. The lowest BCUT2D eigenvalue weighted by Crippen LogP contribution is -2.19. The minimum Gasteiger partial charge on any atom is -0.385 e. The SMILES string of the molecule is COCCCNc1cc(N(C)CCC#N)ncn1. The molecule has 0 unspecified atom stereocenters. The first-order valence-corrected chi connectivity index (χ1v) is 5.91. The van der Waals surface area contributed by atoms with Crippen molar-refractivity contribution in [3.8, 4) is 6.07 Å². The molecule has 0 fully saturated rings. The molecule has 0 aromatic carbocycles. The highest BCUT2D eigenvalue weighted by Gasteiger charge is 2.03. The van der Waals surface area contributed by atoms with Crippen LogP contribution in [0.1, 0.15) is 12.8 Å². The van der Waals surface area contributed by atoms with Crippen LogP contribution in [0.25, 0.3) is 0 Å². The van der Waals surface area contributed by atoms with Gasteiger partial charge in [0.1, 0.15) is 18.0 Å². The van der Waals surface area contributed by atoms with Gasteiger partial charge >= 0.3 is 0 Å². The number of methoxy groups -OCH3 is 1. The van der Waals surface area contributed by atoms with Crippen molar-refractivity contribution in [3.05, 3.63) is 12.4 Å². The van der Waals surface area contributed by atoms with Gasteiger partial charge in [0.05, 0.1) is 12.5 Å². The molecule has 0 saturated carbocycles. The van der Waals surface area contributed by atoms with Gasteiger partial charge < -0.3 is 15.0 Å². The third-order valence-electron chi connectivity index (χ3n) is 2.43. The highest BCUT2D eigenvalue weighted by molar-refractivity contribution is 5.47. The Bertz CT molecular complexity index is 390. The molecule has 6 nitrogen and oxygen atoms in total. The summed E-state index contributed by atoms with van der Waals surface area (Å²) in [5.41, 5.74) is 0. The largest absolute Gasteiger partial charge is 0.385 e. The van der Waals surface area contributed by atoms with Crippen molar-refractivity contribution in [3.63, 3.8) is 0 Å². The van der Waals surface area contributed by atoms with Crippen LogP contribution >= 0.6 is 0 Å². The van der Waals surface area contributed by atoms with E-state index in [-0.39, 0.29) is 0 Å². The van der Waals surface area contributed by atoms with Crippen molar-refractivity contribution < 1.29 is 4.74 Å². The van der Waals surface area contributed by atoms with E-state index in [1.54, 1.807) is 7.11 Å². The van der Waals surface area contributed by atoms with Gasteiger partial charge in [-0.05, 0) is 6.42 Å². The summed E-state index contributed by atoms with van der Waals surface area (Å²) in [7, 11) is 3.60. The van der Waals surface area contributed by atoms with Crippen LogP contribution in [0.4, 0.5) is 11.6 Å². The van der Waals surface area contributed by atoms with Crippen LogP contribution in [0.2, 0.25) is 0 Å². The minimum absolute atomic E-state index is 0.483. The molecule has 0 saturated heterocycles. The average molecular weight is 249 g/mol. The van der Waals surface area contributed by atoms with Crippen LogP contribution in [-0.2, 0) is 4.74 Å². The Hall–Kier alpha value is -1.87. The van der Waals surface area contributed by atoms with Crippen LogP contribution in [0.15, 0.2) is 12.4 Å². The summed E-state index contributed by atoms with van der Waals surface area (Å²) in [6, 6.07) is 4.00. The second-order valence-electron chi connectivity index (χ2n) is 3.86. The molecule has 1 heterocycles. The van der Waals surface area contributed by atoms with Gasteiger partial charge in [0.15, 0.2) is 0 Å². The van der Waals surface area contributed by atoms with E-state index in [4.69, 9.17) is 10.00 Å². The lowest BCUT2D eigenvalue weighted by Gasteiger charge is -2.16. The molecule has 1 rings (SSSR count). The highest BCUT2D eigenvalue weighted by Crippen LogP contribution is 2.12. The number of nitriles is 1. The monoisotopic (exact) mass is 249 g/mol. The first-order chi connectivity index (χ1) is 8.77. The summed E-state index contributed by atoms with van der Waals surface area (Å²) in [6.45, 7) is 2.20. The molecule has 0 radical (unpaired) electrons. The van der Waals surface area contributed by atoms with Crippen molar-refractivity contribution in [2.24, 2.45) is 0 Å². The maximum atomic E-state index is 8.55. The van der Waals surface area contributed by atoms with Crippen molar-refractivity contribution in [1.82, 2.24) is 9.97 Å². The van der Waals surface area contributed by atoms with E-state index in [1.165, 1.54) is 6.33 Å². The van der Waals surface area contributed by atoms with E-state index >= 15 is 0 Å². The second-order valence-corrected chi connectivity index (χ2v) is 3.86. The molecule has 1 aromatic rings. The number of hydrogen-bond acceptors (Lipinski definition) is 6. The Balaban J connectivity index is 2.48. The number of hydrogen-bond donors (Lipinski definition) is 1. The first kappa shape index (κ1) is 14.2. The number of nitrogens with zero attached hydrogens (tertiary/aromatic N) is 4. The van der Waals surface area contributed by atoms with Gasteiger partial charge in [-0.1, -0.05) is 0 Å². The summed E-state index contributed by atoms with van der Waals surface area (Å²) in [4.78, 5) is 10.3. The van der Waals surface area contributed by atoms with E-state index in [2.05, 4.69) is 21.4 Å². The summed E-state index contributed by atoms with van der Waals surface area (Å²) in [5, 5.41) is 11.8. The van der Waals surface area contributed by atoms with Crippen molar-refractivity contribution in [2.45, 2.75) is 12.8 Å². The Kier molecular flexibility index (Phi) is 6.51. The summed E-state index contributed by atoms with van der Waals surface area (Å²) in [6.07, 6.45) is 2.94. The van der Waals surface area contributed by atoms with E-state index in [0.717, 1.165) is 31.2 Å². The zero-order chi connectivity index (χ0) is 13.2. The molecule has 0 aliphatic rings. The molecule has 6 heteroatoms. The van der Waals surface area contributed by atoms with Gasteiger partial charge in [0, 0.05) is 39.9 Å². The molecule has 0 atom stereocenters. The first-order valence-electron chi connectivity index (χ1n) is 5.91. The second kappa shape index (κ2) is 8.25. The minimum atomic E-state index is 0.483. The Morgan fingerprint density at radius 3 is 3.06 bits per heavy atom. The zero-order valence-electron chi connectivity index (χ0n) is 10.9. The van der Waals surface area contributed by atoms with Gasteiger partial charge in [-0.15, -0.1) is 0 Å². The molecule has 0 bridgehead atoms. The van der Waals surface area contributed by atoms with E-state index in [1.807, 2.05) is 18.0 Å². The van der Waals surface area contributed by atoms with Crippen molar-refractivity contribution >= 4 is 11.6 Å². The molecule has 0 aliphatic heterocycles. The number of nitrogens with one attached hydrogen (secondary N) is 1. The fourth-order valence-electron chi connectivity index (χ4n) is 1.42. The zero-order valence-corrected chi connectivity index (χ0v) is 10.9. The van der Waals surface area contributed by atoms with Gasteiger partial charge in [-0.2, -0.15) is 5.26 Å². The Labute approximate surface area is 108 Å². The van der Waals surface area contributed by atoms with Crippen LogP contribution in [-0.4, -0.2) is 43.8 Å². The normalized spacial score (nSPS) is 9.83. The smallest absolute Gasteiger partial charge is 0.133 e. The molecule has 0 spiro atoms. The Morgan fingerprint density at radius 2 is 2.33 bits per heavy atom. The van der Waals surface area contributed by atoms with Crippen molar-refractivity contribution in [2.75, 3.05) is 44.1 Å². The summed E-state index contributed by atoms with van der Waals surface area (Å²) in [5.74, 6) is 1.61. The van der Waals surface area contributed by atoms with E-state index in [9.17, 15) is 0 Å². The third-order valence-corrected chi connectivity index (χ3v) is 2.43. The van der Waals surface area contributed by atoms with Crippen LogP contribution < -0.4 is 10.2 Å². The van der Waals surface area contributed by atoms with Crippen LogP contribution in [0, 0.1) is 11.3 Å². The highest BCUT2D eigenvalue weighted by atomic mass is 16.5. The fraction of sp³-hybridized carbons (Fsp3) is 0.583. The van der Waals surface area contributed by atoms with Gasteiger partial charge in [-0.3, -0.25) is 0 Å². The molecule has 98 valence electrons. The standard InChI is InChI=1S/C12H19N5O/c1-17(7-3-5-13)12-9-11(15-10-16-12)14-6-4-8-18-2/h9-10H,3-4,6-8H2,1-2H3,(H,14,15,16). The number of rotatable bonds is 8. The molecule has 18 heavy (non-hydrogen) atoms. The quantitative estimate of drug-likeness (QED) is 0.699. The topological polar surface area (TPSA) is 74.1 Å². The Morgan fingerprint density at radius 1 is 1.50 bits per heavy atom. The summed E-state index contributed by atoms with van der Waals surface area (Å²) >= 11 is 0. The molecule has 1 aromatic heterocycles. The molecular formula is C12H19N5O. The molecule has 0 amide bonds. The van der Waals surface area contributed by atoms with Crippen molar-refractivity contribution in [1.29, 1.82) is 5.26 Å².